The van der Waals surface area contributed by atoms with E-state index in [-0.39, 0.29) is 0 Å². The maximum absolute atomic E-state index is 6.14. The molecule has 0 radical (unpaired) electrons. The summed E-state index contributed by atoms with van der Waals surface area (Å²) < 4.78 is 0. The van der Waals surface area contributed by atoms with E-state index >= 15 is 0 Å². The highest BCUT2D eigenvalue weighted by atomic mass is 35.5. The molecular weight excluding hydrogens is 194 g/mol. The van der Waals surface area contributed by atoms with Crippen LogP contribution in [-0.4, -0.2) is 6.54 Å². The Labute approximate surface area is 91.3 Å². The summed E-state index contributed by atoms with van der Waals surface area (Å²) in [6, 6.07) is 6.27. The van der Waals surface area contributed by atoms with E-state index in [4.69, 9.17) is 17.3 Å². The average molecular weight is 212 g/mol. The summed E-state index contributed by atoms with van der Waals surface area (Å²) in [4.78, 5) is 0. The van der Waals surface area contributed by atoms with Gasteiger partial charge in [-0.2, -0.15) is 0 Å². The second kappa shape index (κ2) is 5.38. The summed E-state index contributed by atoms with van der Waals surface area (Å²) in [6.45, 7) is 5.04. The first-order chi connectivity index (χ1) is 6.69. The summed E-state index contributed by atoms with van der Waals surface area (Å²) in [5.41, 5.74) is 8.12. The van der Waals surface area contributed by atoms with Gasteiger partial charge < -0.3 is 5.73 Å². The van der Waals surface area contributed by atoms with Gasteiger partial charge in [0, 0.05) is 5.02 Å². The van der Waals surface area contributed by atoms with Crippen LogP contribution in [-0.2, 0) is 6.42 Å². The third kappa shape index (κ3) is 2.73. The van der Waals surface area contributed by atoms with E-state index in [1.807, 2.05) is 6.07 Å². The minimum Gasteiger partial charge on any atom is -0.330 e. The second-order valence-corrected chi connectivity index (χ2v) is 4.10. The van der Waals surface area contributed by atoms with Gasteiger partial charge in [0.1, 0.15) is 0 Å². The lowest BCUT2D eigenvalue weighted by Crippen LogP contribution is -2.05. The number of aryl methyl sites for hydroxylation is 1. The molecule has 0 spiro atoms. The zero-order valence-corrected chi connectivity index (χ0v) is 9.64. The standard InChI is InChI=1S/C12H18ClN/c1-3-10-4-5-12(13)11(8-10)9(2)6-7-14/h4-5,8-9H,3,6-7,14H2,1-2H3. The van der Waals surface area contributed by atoms with E-state index in [0.29, 0.717) is 12.5 Å². The predicted molar refractivity (Wildman–Crippen MR) is 62.9 cm³/mol. The topological polar surface area (TPSA) is 26.0 Å². The van der Waals surface area contributed by atoms with Crippen molar-refractivity contribution < 1.29 is 0 Å². The molecule has 14 heavy (non-hydrogen) atoms. The molecule has 0 fully saturated rings. The van der Waals surface area contributed by atoms with Crippen molar-refractivity contribution in [2.75, 3.05) is 6.54 Å². The highest BCUT2D eigenvalue weighted by Crippen LogP contribution is 2.27. The number of benzene rings is 1. The molecule has 2 N–H and O–H groups in total. The van der Waals surface area contributed by atoms with Crippen LogP contribution in [0.2, 0.25) is 5.02 Å². The van der Waals surface area contributed by atoms with E-state index in [1.54, 1.807) is 0 Å². The normalized spacial score (nSPS) is 12.9. The van der Waals surface area contributed by atoms with Gasteiger partial charge in [0.05, 0.1) is 0 Å². The summed E-state index contributed by atoms with van der Waals surface area (Å²) in [5, 5.41) is 0.864. The quantitative estimate of drug-likeness (QED) is 0.812. The second-order valence-electron chi connectivity index (χ2n) is 3.69. The fourth-order valence-electron chi connectivity index (χ4n) is 1.60. The van der Waals surface area contributed by atoms with E-state index in [0.717, 1.165) is 17.9 Å². The molecule has 2 heteroatoms. The smallest absolute Gasteiger partial charge is 0.0440 e. The Kier molecular flexibility index (Phi) is 4.43. The Morgan fingerprint density at radius 3 is 2.71 bits per heavy atom. The van der Waals surface area contributed by atoms with E-state index < -0.39 is 0 Å². The van der Waals surface area contributed by atoms with Crippen LogP contribution in [0.3, 0.4) is 0 Å². The molecule has 1 aromatic rings. The first-order valence-corrected chi connectivity index (χ1v) is 5.55. The van der Waals surface area contributed by atoms with Crippen LogP contribution in [0.15, 0.2) is 18.2 Å². The summed E-state index contributed by atoms with van der Waals surface area (Å²) in [7, 11) is 0. The Morgan fingerprint density at radius 2 is 2.14 bits per heavy atom. The lowest BCUT2D eigenvalue weighted by atomic mass is 9.95. The maximum Gasteiger partial charge on any atom is 0.0440 e. The number of hydrogen-bond donors (Lipinski definition) is 1. The van der Waals surface area contributed by atoms with Crippen LogP contribution in [0.5, 0.6) is 0 Å². The van der Waals surface area contributed by atoms with Crippen molar-refractivity contribution in [2.45, 2.75) is 32.6 Å². The van der Waals surface area contributed by atoms with Gasteiger partial charge in [0.15, 0.2) is 0 Å². The number of rotatable bonds is 4. The number of halogens is 1. The fraction of sp³-hybridized carbons (Fsp3) is 0.500. The Bertz CT molecular complexity index is 296. The van der Waals surface area contributed by atoms with Gasteiger partial charge in [-0.05, 0) is 42.5 Å². The van der Waals surface area contributed by atoms with Crippen molar-refractivity contribution >= 4 is 11.6 Å². The average Bonchev–Trinajstić information content (AvgIpc) is 2.19. The fourth-order valence-corrected chi connectivity index (χ4v) is 1.90. The first kappa shape index (κ1) is 11.5. The van der Waals surface area contributed by atoms with Crippen LogP contribution in [0.4, 0.5) is 0 Å². The van der Waals surface area contributed by atoms with E-state index in [2.05, 4.69) is 26.0 Å². The molecule has 1 unspecified atom stereocenters. The van der Waals surface area contributed by atoms with Crippen LogP contribution >= 0.6 is 11.6 Å². The largest absolute Gasteiger partial charge is 0.330 e. The van der Waals surface area contributed by atoms with Crippen molar-refractivity contribution in [3.05, 3.63) is 34.3 Å². The Balaban J connectivity index is 2.93. The van der Waals surface area contributed by atoms with Crippen LogP contribution in [0.1, 0.15) is 37.3 Å². The molecule has 0 saturated carbocycles. The molecule has 0 aliphatic rings. The molecule has 1 nitrogen and oxygen atoms in total. The van der Waals surface area contributed by atoms with Gasteiger partial charge in [-0.15, -0.1) is 0 Å². The van der Waals surface area contributed by atoms with Crippen molar-refractivity contribution in [3.63, 3.8) is 0 Å². The first-order valence-electron chi connectivity index (χ1n) is 5.17. The molecule has 0 amide bonds. The molecule has 1 rings (SSSR count). The molecule has 0 aliphatic carbocycles. The van der Waals surface area contributed by atoms with Gasteiger partial charge in [-0.1, -0.05) is 37.6 Å². The molecule has 78 valence electrons. The van der Waals surface area contributed by atoms with Gasteiger partial charge in [-0.25, -0.2) is 0 Å². The molecule has 0 heterocycles. The highest BCUT2D eigenvalue weighted by Gasteiger charge is 2.09. The van der Waals surface area contributed by atoms with Crippen LogP contribution < -0.4 is 5.73 Å². The van der Waals surface area contributed by atoms with Gasteiger partial charge in [-0.3, -0.25) is 0 Å². The molecule has 0 saturated heterocycles. The number of hydrogen-bond acceptors (Lipinski definition) is 1. The Morgan fingerprint density at radius 1 is 1.43 bits per heavy atom. The zero-order valence-electron chi connectivity index (χ0n) is 8.89. The minimum atomic E-state index is 0.457. The Hall–Kier alpha value is -0.530. The predicted octanol–water partition coefficient (Wildman–Crippen LogP) is 3.35. The maximum atomic E-state index is 6.14. The third-order valence-electron chi connectivity index (χ3n) is 2.60. The monoisotopic (exact) mass is 211 g/mol. The van der Waals surface area contributed by atoms with Crippen molar-refractivity contribution in [3.8, 4) is 0 Å². The SMILES string of the molecule is CCc1ccc(Cl)c(C(C)CCN)c1. The van der Waals surface area contributed by atoms with Crippen molar-refractivity contribution in [2.24, 2.45) is 5.73 Å². The van der Waals surface area contributed by atoms with Crippen molar-refractivity contribution in [1.82, 2.24) is 0 Å². The van der Waals surface area contributed by atoms with Gasteiger partial charge in [0.25, 0.3) is 0 Å². The molecule has 1 aromatic carbocycles. The van der Waals surface area contributed by atoms with E-state index in [9.17, 15) is 0 Å². The summed E-state index contributed by atoms with van der Waals surface area (Å²) in [5.74, 6) is 0.457. The van der Waals surface area contributed by atoms with Crippen LogP contribution in [0, 0.1) is 0 Å². The lowest BCUT2D eigenvalue weighted by Gasteiger charge is -2.13. The van der Waals surface area contributed by atoms with Gasteiger partial charge in [0.2, 0.25) is 0 Å². The highest BCUT2D eigenvalue weighted by molar-refractivity contribution is 6.31. The summed E-state index contributed by atoms with van der Waals surface area (Å²) >= 11 is 6.14. The zero-order chi connectivity index (χ0) is 10.6. The molecule has 0 aliphatic heterocycles. The number of nitrogens with two attached hydrogens (primary N) is 1. The summed E-state index contributed by atoms with van der Waals surface area (Å²) in [6.07, 6.45) is 2.05. The lowest BCUT2D eigenvalue weighted by molar-refractivity contribution is 0.689. The molecular formula is C12H18ClN. The molecule has 0 bridgehead atoms. The van der Waals surface area contributed by atoms with Crippen molar-refractivity contribution in [1.29, 1.82) is 0 Å². The minimum absolute atomic E-state index is 0.457. The van der Waals surface area contributed by atoms with E-state index in [1.165, 1.54) is 11.1 Å². The molecule has 0 aromatic heterocycles. The van der Waals surface area contributed by atoms with Crippen LogP contribution in [0.25, 0.3) is 0 Å². The third-order valence-corrected chi connectivity index (χ3v) is 2.94. The van der Waals surface area contributed by atoms with Gasteiger partial charge >= 0.3 is 0 Å². The molecule has 1 atom stereocenters.